The van der Waals surface area contributed by atoms with E-state index in [0.717, 1.165) is 0 Å². The Hall–Kier alpha value is -1.06. The van der Waals surface area contributed by atoms with Gasteiger partial charge < -0.3 is 9.47 Å². The number of carbonyl (C=O) groups is 2. The maximum absolute atomic E-state index is 11.5. The summed E-state index contributed by atoms with van der Waals surface area (Å²) >= 11 is 0. The average molecular weight is 215 g/mol. The van der Waals surface area contributed by atoms with Gasteiger partial charge >= 0.3 is 11.9 Å². The molecular formula is C11H19O4. The maximum Gasteiger partial charge on any atom is 0.312 e. The summed E-state index contributed by atoms with van der Waals surface area (Å²) in [4.78, 5) is 22.1. The smallest absolute Gasteiger partial charge is 0.312 e. The van der Waals surface area contributed by atoms with Crippen molar-refractivity contribution in [1.82, 2.24) is 0 Å². The molecule has 0 N–H and O–H groups in total. The van der Waals surface area contributed by atoms with Gasteiger partial charge in [-0.2, -0.15) is 0 Å². The molecule has 0 saturated carbocycles. The van der Waals surface area contributed by atoms with E-state index in [0.29, 0.717) is 6.10 Å². The first-order valence-corrected chi connectivity index (χ1v) is 4.87. The first-order chi connectivity index (χ1) is 6.64. The standard InChI is InChI=1S/C11H19O4/c1-7(14-9(3)12)8(2)15-10(13)11(4,5)6/h7H,1-6H3. The first kappa shape index (κ1) is 13.9. The van der Waals surface area contributed by atoms with Crippen LogP contribution in [0.2, 0.25) is 0 Å². The number of ether oxygens (including phenoxy) is 2. The zero-order chi connectivity index (χ0) is 12.2. The Kier molecular flexibility index (Phi) is 4.78. The minimum Gasteiger partial charge on any atom is -0.458 e. The topological polar surface area (TPSA) is 52.6 Å². The normalized spacial score (nSPS) is 13.5. The molecule has 4 nitrogen and oxygen atoms in total. The molecule has 0 fully saturated rings. The van der Waals surface area contributed by atoms with E-state index in [1.165, 1.54) is 6.92 Å². The van der Waals surface area contributed by atoms with Crippen LogP contribution in [0.25, 0.3) is 0 Å². The van der Waals surface area contributed by atoms with E-state index >= 15 is 0 Å². The van der Waals surface area contributed by atoms with E-state index in [4.69, 9.17) is 9.47 Å². The van der Waals surface area contributed by atoms with Crippen molar-refractivity contribution in [3.8, 4) is 0 Å². The van der Waals surface area contributed by atoms with Crippen LogP contribution < -0.4 is 0 Å². The zero-order valence-electron chi connectivity index (χ0n) is 10.2. The molecule has 0 aliphatic heterocycles. The van der Waals surface area contributed by atoms with Crippen molar-refractivity contribution in [3.05, 3.63) is 6.10 Å². The molecule has 1 radical (unpaired) electrons. The predicted octanol–water partition coefficient (Wildman–Crippen LogP) is 2.08. The molecule has 4 heteroatoms. The van der Waals surface area contributed by atoms with Crippen LogP contribution in [0.3, 0.4) is 0 Å². The van der Waals surface area contributed by atoms with Crippen LogP contribution in [0.4, 0.5) is 0 Å². The van der Waals surface area contributed by atoms with Crippen LogP contribution in [0.15, 0.2) is 0 Å². The third-order valence-electron chi connectivity index (χ3n) is 1.78. The van der Waals surface area contributed by atoms with Crippen molar-refractivity contribution in [2.75, 3.05) is 0 Å². The third kappa shape index (κ3) is 5.40. The van der Waals surface area contributed by atoms with Crippen molar-refractivity contribution >= 4 is 11.9 Å². The van der Waals surface area contributed by atoms with Crippen LogP contribution in [0.5, 0.6) is 0 Å². The lowest BCUT2D eigenvalue weighted by atomic mass is 9.97. The molecule has 0 aromatic heterocycles. The van der Waals surface area contributed by atoms with E-state index in [2.05, 4.69) is 0 Å². The lowest BCUT2D eigenvalue weighted by Gasteiger charge is -2.23. The number of rotatable bonds is 3. The van der Waals surface area contributed by atoms with Gasteiger partial charge in [0.05, 0.1) is 5.41 Å². The van der Waals surface area contributed by atoms with E-state index < -0.39 is 17.5 Å². The number of esters is 2. The Morgan fingerprint density at radius 1 is 1.13 bits per heavy atom. The molecule has 0 heterocycles. The highest BCUT2D eigenvalue weighted by Gasteiger charge is 2.28. The number of hydrogen-bond donors (Lipinski definition) is 0. The van der Waals surface area contributed by atoms with E-state index in [9.17, 15) is 9.59 Å². The number of hydrogen-bond acceptors (Lipinski definition) is 4. The summed E-state index contributed by atoms with van der Waals surface area (Å²) < 4.78 is 9.95. The first-order valence-electron chi connectivity index (χ1n) is 4.87. The lowest BCUT2D eigenvalue weighted by molar-refractivity contribution is -0.160. The highest BCUT2D eigenvalue weighted by Crippen LogP contribution is 2.20. The molecule has 1 unspecified atom stereocenters. The Bertz CT molecular complexity index is 239. The van der Waals surface area contributed by atoms with Gasteiger partial charge in [-0.15, -0.1) is 0 Å². The molecule has 87 valence electrons. The lowest BCUT2D eigenvalue weighted by Crippen LogP contribution is -2.29. The van der Waals surface area contributed by atoms with Crippen LogP contribution in [-0.2, 0) is 19.1 Å². The fourth-order valence-corrected chi connectivity index (χ4v) is 0.714. The summed E-state index contributed by atoms with van der Waals surface area (Å²) in [7, 11) is 0. The summed E-state index contributed by atoms with van der Waals surface area (Å²) in [5.41, 5.74) is -0.558. The van der Waals surface area contributed by atoms with Crippen molar-refractivity contribution < 1.29 is 19.1 Å². The van der Waals surface area contributed by atoms with Gasteiger partial charge in [0.1, 0.15) is 6.10 Å². The minimum absolute atomic E-state index is 0.334. The van der Waals surface area contributed by atoms with Crippen molar-refractivity contribution in [1.29, 1.82) is 0 Å². The van der Waals surface area contributed by atoms with Gasteiger partial charge in [0, 0.05) is 6.92 Å². The van der Waals surface area contributed by atoms with Crippen LogP contribution in [0.1, 0.15) is 41.5 Å². The third-order valence-corrected chi connectivity index (χ3v) is 1.78. The van der Waals surface area contributed by atoms with Crippen molar-refractivity contribution in [2.45, 2.75) is 47.6 Å². The second-order valence-corrected chi connectivity index (χ2v) is 4.50. The molecule has 1 atom stereocenters. The van der Waals surface area contributed by atoms with Gasteiger partial charge in [0.25, 0.3) is 0 Å². The quantitative estimate of drug-likeness (QED) is 0.676. The van der Waals surface area contributed by atoms with Crippen molar-refractivity contribution in [3.63, 3.8) is 0 Å². The summed E-state index contributed by atoms with van der Waals surface area (Å²) in [6.45, 7) is 9.89. The fourth-order valence-electron chi connectivity index (χ4n) is 0.714. The maximum atomic E-state index is 11.5. The molecule has 0 saturated heterocycles. The highest BCUT2D eigenvalue weighted by molar-refractivity contribution is 5.76. The molecule has 0 spiro atoms. The largest absolute Gasteiger partial charge is 0.458 e. The second kappa shape index (κ2) is 5.14. The van der Waals surface area contributed by atoms with Gasteiger partial charge in [-0.1, -0.05) is 0 Å². The Morgan fingerprint density at radius 3 is 1.93 bits per heavy atom. The molecule has 0 aliphatic carbocycles. The molecule has 0 aliphatic rings. The predicted molar refractivity (Wildman–Crippen MR) is 55.7 cm³/mol. The fraction of sp³-hybridized carbons (Fsp3) is 0.727. The molecule has 0 amide bonds. The van der Waals surface area contributed by atoms with Gasteiger partial charge in [-0.05, 0) is 34.6 Å². The van der Waals surface area contributed by atoms with Gasteiger partial charge in [0.15, 0.2) is 6.10 Å². The molecule has 0 aromatic carbocycles. The second-order valence-electron chi connectivity index (χ2n) is 4.50. The van der Waals surface area contributed by atoms with E-state index in [1.54, 1.807) is 34.6 Å². The van der Waals surface area contributed by atoms with E-state index in [-0.39, 0.29) is 5.97 Å². The zero-order valence-corrected chi connectivity index (χ0v) is 10.2. The molecule has 15 heavy (non-hydrogen) atoms. The van der Waals surface area contributed by atoms with E-state index in [1.807, 2.05) is 0 Å². The van der Waals surface area contributed by atoms with Gasteiger partial charge in [-0.3, -0.25) is 9.59 Å². The Balaban J connectivity index is 4.19. The summed E-state index contributed by atoms with van der Waals surface area (Å²) in [6.07, 6.45) is -0.112. The SMILES string of the molecule is C[C](OC(=O)C(C)(C)C)C(C)OC(C)=O. The number of carbonyl (C=O) groups excluding carboxylic acids is 2. The average Bonchev–Trinajstić information content (AvgIpc) is 2.00. The van der Waals surface area contributed by atoms with Crippen LogP contribution >= 0.6 is 0 Å². The Morgan fingerprint density at radius 2 is 1.60 bits per heavy atom. The molecular weight excluding hydrogens is 196 g/mol. The van der Waals surface area contributed by atoms with Gasteiger partial charge in [0.2, 0.25) is 0 Å². The molecule has 0 aromatic rings. The molecule has 0 bridgehead atoms. The molecule has 0 rings (SSSR count). The summed E-state index contributed by atoms with van der Waals surface area (Å²) in [5, 5.41) is 0. The van der Waals surface area contributed by atoms with Crippen molar-refractivity contribution in [2.24, 2.45) is 5.41 Å². The Labute approximate surface area is 90.9 Å². The van der Waals surface area contributed by atoms with Crippen LogP contribution in [0, 0.1) is 11.5 Å². The monoisotopic (exact) mass is 215 g/mol. The van der Waals surface area contributed by atoms with Crippen LogP contribution in [-0.4, -0.2) is 18.0 Å². The van der Waals surface area contributed by atoms with Gasteiger partial charge in [-0.25, -0.2) is 0 Å². The summed E-state index contributed by atoms with van der Waals surface area (Å²) in [6, 6.07) is 0. The minimum atomic E-state index is -0.558. The highest BCUT2D eigenvalue weighted by atomic mass is 16.6. The summed E-state index contributed by atoms with van der Waals surface area (Å²) in [5.74, 6) is -0.729.